The molecule has 2 rings (SSSR count). The van der Waals surface area contributed by atoms with E-state index in [0.717, 1.165) is 17.6 Å². The maximum absolute atomic E-state index is 5.52. The highest BCUT2D eigenvalue weighted by Gasteiger charge is 2.25. The minimum Gasteiger partial charge on any atom is -0.367 e. The molecule has 1 aliphatic rings. The van der Waals surface area contributed by atoms with E-state index in [1.54, 1.807) is 0 Å². The number of hydrogen-bond donors (Lipinski definition) is 1. The Labute approximate surface area is 88.3 Å². The van der Waals surface area contributed by atoms with Crippen LogP contribution < -0.4 is 10.6 Å². The molecule has 1 saturated heterocycles. The molecule has 78 valence electrons. The zero-order valence-corrected chi connectivity index (χ0v) is 9.42. The van der Waals surface area contributed by atoms with Crippen LogP contribution in [0.15, 0.2) is 0 Å². The maximum Gasteiger partial charge on any atom is 0.233 e. The predicted octanol–water partition coefficient (Wildman–Crippen LogP) is 1.75. The molecule has 0 bridgehead atoms. The van der Waals surface area contributed by atoms with Crippen molar-refractivity contribution >= 4 is 22.6 Å². The molecule has 2 heterocycles. The minimum atomic E-state index is 0.399. The molecule has 1 aliphatic heterocycles. The van der Waals surface area contributed by atoms with Gasteiger partial charge in [0.1, 0.15) is 0 Å². The quantitative estimate of drug-likeness (QED) is 0.770. The van der Waals surface area contributed by atoms with Crippen molar-refractivity contribution in [2.75, 3.05) is 17.2 Å². The third kappa shape index (κ3) is 1.82. The molecule has 2 atom stereocenters. The molecule has 2 unspecified atom stereocenters. The van der Waals surface area contributed by atoms with E-state index in [1.165, 1.54) is 24.4 Å². The average Bonchev–Trinajstić information content (AvgIpc) is 2.51. The van der Waals surface area contributed by atoms with Gasteiger partial charge >= 0.3 is 0 Å². The van der Waals surface area contributed by atoms with Crippen molar-refractivity contribution in [2.24, 2.45) is 5.92 Å². The summed E-state index contributed by atoms with van der Waals surface area (Å²) in [5.74, 6) is 1.22. The van der Waals surface area contributed by atoms with Crippen LogP contribution in [-0.2, 0) is 0 Å². The summed E-state index contributed by atoms with van der Waals surface area (Å²) in [5, 5.41) is 0.974. The van der Waals surface area contributed by atoms with Crippen molar-refractivity contribution < 1.29 is 0 Å². The Morgan fingerprint density at radius 2 is 2.29 bits per heavy atom. The standard InChI is InChI=1S/C9H16N4S/c1-6-3-4-13(7(2)5-6)9-11-8(10)12-14-9/h6-7H,3-5H2,1-2H3,(H2,10,12). The van der Waals surface area contributed by atoms with Gasteiger partial charge in [0.2, 0.25) is 11.1 Å². The summed E-state index contributed by atoms with van der Waals surface area (Å²) in [5.41, 5.74) is 5.52. The molecule has 0 aliphatic carbocycles. The Kier molecular flexibility index (Phi) is 2.58. The average molecular weight is 212 g/mol. The fraction of sp³-hybridized carbons (Fsp3) is 0.778. The van der Waals surface area contributed by atoms with Crippen molar-refractivity contribution in [3.05, 3.63) is 0 Å². The number of hydrogen-bond acceptors (Lipinski definition) is 5. The van der Waals surface area contributed by atoms with Crippen molar-refractivity contribution in [1.82, 2.24) is 9.36 Å². The van der Waals surface area contributed by atoms with Crippen LogP contribution >= 0.6 is 11.5 Å². The molecule has 0 spiro atoms. The summed E-state index contributed by atoms with van der Waals surface area (Å²) < 4.78 is 4.01. The van der Waals surface area contributed by atoms with Crippen molar-refractivity contribution in [1.29, 1.82) is 0 Å². The number of nitrogen functional groups attached to an aromatic ring is 1. The molecule has 2 N–H and O–H groups in total. The van der Waals surface area contributed by atoms with E-state index in [0.29, 0.717) is 12.0 Å². The number of nitrogens with zero attached hydrogens (tertiary/aromatic N) is 3. The van der Waals surface area contributed by atoms with E-state index in [-0.39, 0.29) is 0 Å². The first-order valence-electron chi connectivity index (χ1n) is 5.02. The van der Waals surface area contributed by atoms with E-state index in [9.17, 15) is 0 Å². The normalized spacial score (nSPS) is 28.0. The third-order valence-electron chi connectivity index (χ3n) is 2.82. The van der Waals surface area contributed by atoms with Crippen LogP contribution in [-0.4, -0.2) is 21.9 Å². The lowest BCUT2D eigenvalue weighted by Gasteiger charge is -2.35. The van der Waals surface area contributed by atoms with Gasteiger partial charge in [-0.2, -0.15) is 9.36 Å². The predicted molar refractivity (Wildman–Crippen MR) is 59.5 cm³/mol. The molecular formula is C9H16N4S. The first-order valence-corrected chi connectivity index (χ1v) is 5.80. The zero-order valence-electron chi connectivity index (χ0n) is 8.60. The molecule has 0 saturated carbocycles. The van der Waals surface area contributed by atoms with E-state index in [1.807, 2.05) is 0 Å². The summed E-state index contributed by atoms with van der Waals surface area (Å²) >= 11 is 1.40. The highest BCUT2D eigenvalue weighted by molar-refractivity contribution is 7.09. The second-order valence-corrected chi connectivity index (χ2v) is 4.84. The van der Waals surface area contributed by atoms with E-state index >= 15 is 0 Å². The maximum atomic E-state index is 5.52. The molecule has 5 heteroatoms. The molecule has 0 amide bonds. The number of nitrogens with two attached hydrogens (primary N) is 1. The van der Waals surface area contributed by atoms with Gasteiger partial charge < -0.3 is 10.6 Å². The van der Waals surface area contributed by atoms with Gasteiger partial charge in [-0.3, -0.25) is 0 Å². The van der Waals surface area contributed by atoms with Crippen LogP contribution in [0.4, 0.5) is 11.1 Å². The number of aromatic nitrogens is 2. The topological polar surface area (TPSA) is 55.0 Å². The van der Waals surface area contributed by atoms with E-state index < -0.39 is 0 Å². The molecule has 1 aromatic rings. The van der Waals surface area contributed by atoms with Crippen LogP contribution in [0.5, 0.6) is 0 Å². The van der Waals surface area contributed by atoms with Gasteiger partial charge in [0, 0.05) is 24.1 Å². The van der Waals surface area contributed by atoms with Crippen LogP contribution in [0.2, 0.25) is 0 Å². The van der Waals surface area contributed by atoms with Crippen LogP contribution in [0, 0.1) is 5.92 Å². The van der Waals surface area contributed by atoms with Crippen LogP contribution in [0.25, 0.3) is 0 Å². The largest absolute Gasteiger partial charge is 0.367 e. The monoisotopic (exact) mass is 212 g/mol. The fourth-order valence-electron chi connectivity index (χ4n) is 2.03. The van der Waals surface area contributed by atoms with Gasteiger partial charge in [-0.15, -0.1) is 0 Å². The lowest BCUT2D eigenvalue weighted by molar-refractivity contribution is 0.377. The highest BCUT2D eigenvalue weighted by Crippen LogP contribution is 2.28. The first-order chi connectivity index (χ1) is 6.66. The van der Waals surface area contributed by atoms with Crippen molar-refractivity contribution in [2.45, 2.75) is 32.7 Å². The fourth-order valence-corrected chi connectivity index (χ4v) is 2.76. The van der Waals surface area contributed by atoms with Gasteiger partial charge in [-0.1, -0.05) is 6.92 Å². The van der Waals surface area contributed by atoms with Gasteiger partial charge in [0.15, 0.2) is 0 Å². The smallest absolute Gasteiger partial charge is 0.233 e. The molecule has 1 aromatic heterocycles. The minimum absolute atomic E-state index is 0.399. The summed E-state index contributed by atoms with van der Waals surface area (Å²) in [7, 11) is 0. The van der Waals surface area contributed by atoms with Crippen molar-refractivity contribution in [3.63, 3.8) is 0 Å². The second kappa shape index (κ2) is 3.73. The Morgan fingerprint density at radius 3 is 2.86 bits per heavy atom. The summed E-state index contributed by atoms with van der Waals surface area (Å²) in [4.78, 5) is 6.53. The Hall–Kier alpha value is -0.840. The summed E-state index contributed by atoms with van der Waals surface area (Å²) in [6.45, 7) is 5.63. The van der Waals surface area contributed by atoms with Gasteiger partial charge in [-0.05, 0) is 25.7 Å². The molecule has 0 aromatic carbocycles. The lowest BCUT2D eigenvalue weighted by Crippen LogP contribution is -2.40. The Bertz CT molecular complexity index is 312. The van der Waals surface area contributed by atoms with Gasteiger partial charge in [0.05, 0.1) is 0 Å². The lowest BCUT2D eigenvalue weighted by atomic mass is 9.94. The molecular weight excluding hydrogens is 196 g/mol. The number of piperidine rings is 1. The SMILES string of the molecule is CC1CCN(c2nc(N)ns2)C(C)C1. The highest BCUT2D eigenvalue weighted by atomic mass is 32.1. The third-order valence-corrected chi connectivity index (χ3v) is 3.58. The summed E-state index contributed by atoms with van der Waals surface area (Å²) in [6.07, 6.45) is 2.48. The first kappa shape index (κ1) is 9.71. The molecule has 0 radical (unpaired) electrons. The van der Waals surface area contributed by atoms with Gasteiger partial charge in [0.25, 0.3) is 0 Å². The number of rotatable bonds is 1. The number of anilines is 2. The second-order valence-electron chi connectivity index (χ2n) is 4.11. The van der Waals surface area contributed by atoms with Crippen LogP contribution in [0.3, 0.4) is 0 Å². The van der Waals surface area contributed by atoms with E-state index in [4.69, 9.17) is 5.73 Å². The van der Waals surface area contributed by atoms with E-state index in [2.05, 4.69) is 28.1 Å². The molecule has 14 heavy (non-hydrogen) atoms. The zero-order chi connectivity index (χ0) is 10.1. The molecule has 1 fully saturated rings. The molecule has 4 nitrogen and oxygen atoms in total. The Morgan fingerprint density at radius 1 is 1.50 bits per heavy atom. The van der Waals surface area contributed by atoms with Gasteiger partial charge in [-0.25, -0.2) is 0 Å². The van der Waals surface area contributed by atoms with Crippen LogP contribution in [0.1, 0.15) is 26.7 Å². The van der Waals surface area contributed by atoms with Crippen molar-refractivity contribution in [3.8, 4) is 0 Å². The Balaban J connectivity index is 2.11. The summed E-state index contributed by atoms with van der Waals surface area (Å²) in [6, 6.07) is 0.561.